The van der Waals surface area contributed by atoms with E-state index >= 15 is 0 Å². The number of benzene rings is 3. The third kappa shape index (κ3) is 10.5. The van der Waals surface area contributed by atoms with Crippen molar-refractivity contribution in [2.75, 3.05) is 42.5 Å². The molecule has 1 unspecified atom stereocenters. The summed E-state index contributed by atoms with van der Waals surface area (Å²) in [5.41, 5.74) is 0.131. The minimum atomic E-state index is -3.98. The van der Waals surface area contributed by atoms with Crippen LogP contribution in [0.1, 0.15) is 18.4 Å². The number of rotatable bonds is 14. The van der Waals surface area contributed by atoms with Crippen molar-refractivity contribution in [1.29, 1.82) is 0 Å². The molecule has 2 atom stereocenters. The van der Waals surface area contributed by atoms with E-state index in [9.17, 15) is 40.6 Å². The van der Waals surface area contributed by atoms with Crippen molar-refractivity contribution in [3.05, 3.63) is 77.9 Å². The monoisotopic (exact) mass is 697 g/mol. The van der Waals surface area contributed by atoms with Crippen LogP contribution < -0.4 is 30.7 Å². The van der Waals surface area contributed by atoms with Crippen molar-refractivity contribution in [3.63, 3.8) is 0 Å². The first-order valence-corrected chi connectivity index (χ1v) is 18.0. The zero-order valence-corrected chi connectivity index (χ0v) is 27.0. The topological polar surface area (TPSA) is 195 Å². The molecular weight excluding hydrogens is 660 g/mol. The Hall–Kier alpha value is -4.03. The number of halogens is 2. The van der Waals surface area contributed by atoms with E-state index in [2.05, 4.69) is 26.0 Å². The van der Waals surface area contributed by atoms with Gasteiger partial charge in [0.15, 0.2) is 9.84 Å². The van der Waals surface area contributed by atoms with Crippen LogP contribution in [-0.4, -0.2) is 77.1 Å². The number of hydrogen-bond donors (Lipinski definition) is 7. The third-order valence-electron chi connectivity index (χ3n) is 7.29. The van der Waals surface area contributed by atoms with Gasteiger partial charge in [-0.1, -0.05) is 0 Å². The van der Waals surface area contributed by atoms with Crippen molar-refractivity contribution in [3.8, 4) is 11.5 Å². The standard InChI is InChI=1S/C30H37F2N5O8S2/c1-46(41,42)37-27-15-24(5-9-28(27)39)45-18-23(38)17-34-29(19-10-12-33-13-11-19)47(43,44)25-6-3-22(4-7-25)36-30(40)35-16-20-14-21(31)2-8-26(20)32/h2-9,14-15,19,23,29,33-34,37-39H,10-13,16-18H2,1H3,(H2,35,36,40)/t23-,29?/m0/s1. The second-order valence-corrected chi connectivity index (χ2v) is 14.9. The summed E-state index contributed by atoms with van der Waals surface area (Å²) in [7, 11) is -7.65. The molecule has 0 radical (unpaired) electrons. The molecule has 2 amide bonds. The third-order valence-corrected chi connectivity index (χ3v) is 10.0. The smallest absolute Gasteiger partial charge is 0.319 e. The summed E-state index contributed by atoms with van der Waals surface area (Å²) < 4.78 is 85.6. The Balaban J connectivity index is 1.37. The van der Waals surface area contributed by atoms with E-state index < -0.39 is 49.0 Å². The molecule has 1 saturated heterocycles. The number of amides is 2. The average molecular weight is 698 g/mol. The molecule has 0 saturated carbocycles. The highest BCUT2D eigenvalue weighted by atomic mass is 32.2. The SMILES string of the molecule is CS(=O)(=O)Nc1cc(OC[C@@H](O)CNC(C2CCNCC2)S(=O)(=O)c2ccc(NC(=O)NCc3cc(F)ccc3F)cc2)ccc1O. The number of phenols is 1. The molecule has 1 aliphatic heterocycles. The second kappa shape index (κ2) is 15.7. The highest BCUT2D eigenvalue weighted by molar-refractivity contribution is 7.92. The molecule has 13 nitrogen and oxygen atoms in total. The second-order valence-electron chi connectivity index (χ2n) is 11.0. The Morgan fingerprint density at radius 3 is 2.40 bits per heavy atom. The van der Waals surface area contributed by atoms with E-state index in [1.807, 2.05) is 0 Å². The molecule has 3 aromatic rings. The number of hydrogen-bond acceptors (Lipinski definition) is 10. The molecule has 0 aromatic heterocycles. The lowest BCUT2D eigenvalue weighted by Gasteiger charge is -2.32. The number of aliphatic hydroxyl groups is 1. The molecule has 0 aliphatic carbocycles. The Morgan fingerprint density at radius 1 is 1.02 bits per heavy atom. The van der Waals surface area contributed by atoms with Gasteiger partial charge in [0, 0.05) is 30.4 Å². The number of nitrogens with one attached hydrogen (secondary N) is 5. The van der Waals surface area contributed by atoms with Crippen LogP contribution >= 0.6 is 0 Å². The van der Waals surface area contributed by atoms with Crippen LogP contribution in [0.4, 0.5) is 25.0 Å². The zero-order chi connectivity index (χ0) is 34.2. The van der Waals surface area contributed by atoms with Crippen LogP contribution in [0.3, 0.4) is 0 Å². The molecule has 4 rings (SSSR count). The van der Waals surface area contributed by atoms with Gasteiger partial charge in [-0.05, 0) is 86.4 Å². The fourth-order valence-corrected chi connectivity index (χ4v) is 7.44. The van der Waals surface area contributed by atoms with Gasteiger partial charge in [-0.3, -0.25) is 10.0 Å². The number of ether oxygens (including phenoxy) is 1. The highest BCUT2D eigenvalue weighted by Crippen LogP contribution is 2.29. The summed E-state index contributed by atoms with van der Waals surface area (Å²) in [6.45, 7) is 0.562. The van der Waals surface area contributed by atoms with Crippen molar-refractivity contribution in [2.45, 2.75) is 35.8 Å². The van der Waals surface area contributed by atoms with Gasteiger partial charge in [-0.2, -0.15) is 0 Å². The Kier molecular flexibility index (Phi) is 12.0. The molecule has 1 aliphatic rings. The molecular formula is C30H37F2N5O8S2. The molecule has 7 N–H and O–H groups in total. The Morgan fingerprint density at radius 2 is 1.72 bits per heavy atom. The lowest BCUT2D eigenvalue weighted by Crippen LogP contribution is -2.49. The Bertz CT molecular complexity index is 1760. The van der Waals surface area contributed by atoms with Gasteiger partial charge in [0.1, 0.15) is 41.2 Å². The van der Waals surface area contributed by atoms with Gasteiger partial charge in [0.05, 0.1) is 16.8 Å². The van der Waals surface area contributed by atoms with Crippen molar-refractivity contribution in [1.82, 2.24) is 16.0 Å². The number of carbonyl (C=O) groups excluding carboxylic acids is 1. The molecule has 0 spiro atoms. The van der Waals surface area contributed by atoms with Crippen molar-refractivity contribution >= 4 is 37.3 Å². The number of phenolic OH excluding ortho intramolecular Hbond substituents is 1. The number of carbonyl (C=O) groups is 1. The maximum absolute atomic E-state index is 13.8. The molecule has 17 heteroatoms. The normalized spacial score (nSPS) is 15.4. The number of urea groups is 1. The maximum atomic E-state index is 13.8. The summed E-state index contributed by atoms with van der Waals surface area (Å²) in [6.07, 6.45) is 0.910. The number of sulfone groups is 1. The van der Waals surface area contributed by atoms with Crippen LogP contribution in [0.25, 0.3) is 0 Å². The van der Waals surface area contributed by atoms with Crippen LogP contribution in [0, 0.1) is 17.6 Å². The van der Waals surface area contributed by atoms with Crippen LogP contribution in [0.5, 0.6) is 11.5 Å². The van der Waals surface area contributed by atoms with E-state index in [0.29, 0.717) is 25.9 Å². The van der Waals surface area contributed by atoms with Gasteiger partial charge in [0.2, 0.25) is 10.0 Å². The number of aromatic hydroxyl groups is 1. The summed E-state index contributed by atoms with van der Waals surface area (Å²) >= 11 is 0. The van der Waals surface area contributed by atoms with E-state index in [0.717, 1.165) is 24.5 Å². The van der Waals surface area contributed by atoms with Crippen molar-refractivity contribution in [2.24, 2.45) is 5.92 Å². The lowest BCUT2D eigenvalue weighted by atomic mass is 9.98. The van der Waals surface area contributed by atoms with Gasteiger partial charge in [-0.25, -0.2) is 30.4 Å². The maximum Gasteiger partial charge on any atom is 0.319 e. The molecule has 1 fully saturated rings. The minimum absolute atomic E-state index is 0.0120. The minimum Gasteiger partial charge on any atom is -0.506 e. The predicted molar refractivity (Wildman–Crippen MR) is 171 cm³/mol. The van der Waals surface area contributed by atoms with Gasteiger partial charge in [-0.15, -0.1) is 0 Å². The predicted octanol–water partition coefficient (Wildman–Crippen LogP) is 2.49. The quantitative estimate of drug-likeness (QED) is 0.123. The van der Waals surface area contributed by atoms with E-state index in [1.165, 1.54) is 42.5 Å². The highest BCUT2D eigenvalue weighted by Gasteiger charge is 2.35. The molecule has 256 valence electrons. The van der Waals surface area contributed by atoms with E-state index in [1.54, 1.807) is 0 Å². The summed E-state index contributed by atoms with van der Waals surface area (Å²) in [6, 6.07) is 11.6. The first kappa shape index (κ1) is 35.8. The van der Waals surface area contributed by atoms with Gasteiger partial charge >= 0.3 is 6.03 Å². The molecule has 1 heterocycles. The average Bonchev–Trinajstić information content (AvgIpc) is 3.02. The molecule has 0 bridgehead atoms. The van der Waals surface area contributed by atoms with Crippen LogP contribution in [-0.2, 0) is 26.4 Å². The zero-order valence-electron chi connectivity index (χ0n) is 25.4. The Labute approximate surface area is 271 Å². The molecule has 47 heavy (non-hydrogen) atoms. The first-order chi connectivity index (χ1) is 22.2. The van der Waals surface area contributed by atoms with Crippen molar-refractivity contribution < 1.29 is 45.4 Å². The van der Waals surface area contributed by atoms with E-state index in [4.69, 9.17) is 4.74 Å². The first-order valence-electron chi connectivity index (χ1n) is 14.6. The largest absolute Gasteiger partial charge is 0.506 e. The number of anilines is 2. The van der Waals surface area contributed by atoms with Crippen LogP contribution in [0.2, 0.25) is 0 Å². The van der Waals surface area contributed by atoms with Crippen LogP contribution in [0.15, 0.2) is 65.6 Å². The number of aliphatic hydroxyl groups excluding tert-OH is 1. The van der Waals surface area contributed by atoms with Gasteiger partial charge < -0.3 is 30.9 Å². The number of piperidine rings is 1. The summed E-state index contributed by atoms with van der Waals surface area (Å²) in [4.78, 5) is 12.3. The number of sulfonamides is 1. The lowest BCUT2D eigenvalue weighted by molar-refractivity contribution is 0.103. The fraction of sp³-hybridized carbons (Fsp3) is 0.367. The van der Waals surface area contributed by atoms with Gasteiger partial charge in [0.25, 0.3) is 0 Å². The summed E-state index contributed by atoms with van der Waals surface area (Å²) in [5, 5.41) is 30.6. The summed E-state index contributed by atoms with van der Waals surface area (Å²) in [5.74, 6) is -1.74. The molecule has 3 aromatic carbocycles. The van der Waals surface area contributed by atoms with E-state index in [-0.39, 0.29) is 58.9 Å². The fourth-order valence-electron chi connectivity index (χ4n) is 4.97.